The second kappa shape index (κ2) is 6.45. The number of hydrogen-bond donors (Lipinski definition) is 1. The van der Waals surface area contributed by atoms with Crippen molar-refractivity contribution in [2.24, 2.45) is 4.99 Å². The summed E-state index contributed by atoms with van der Waals surface area (Å²) < 4.78 is 5.25. The smallest absolute Gasteiger partial charge is 0.312 e. The summed E-state index contributed by atoms with van der Waals surface area (Å²) in [7, 11) is 0. The van der Waals surface area contributed by atoms with Crippen LogP contribution in [0.15, 0.2) is 64.0 Å². The monoisotopic (exact) mass is 312 g/mol. The van der Waals surface area contributed by atoms with E-state index in [0.717, 1.165) is 11.1 Å². The first kappa shape index (κ1) is 14.4. The molecule has 3 rings (SSSR count). The summed E-state index contributed by atoms with van der Waals surface area (Å²) in [6.45, 7) is 0.517. The number of oxazole rings is 1. The van der Waals surface area contributed by atoms with E-state index in [1.165, 1.54) is 6.21 Å². The predicted molar refractivity (Wildman–Crippen MR) is 86.4 cm³/mol. The molecule has 22 heavy (non-hydrogen) atoms. The minimum Gasteiger partial charge on any atom is -0.479 e. The van der Waals surface area contributed by atoms with Gasteiger partial charge in [0.15, 0.2) is 5.69 Å². The number of aliphatic imine (C=N–C) groups is 1. The molecule has 3 aromatic rings. The fourth-order valence-corrected chi connectivity index (χ4v) is 2.07. The van der Waals surface area contributed by atoms with Crippen molar-refractivity contribution in [3.8, 4) is 17.4 Å². The Balaban J connectivity index is 1.76. The van der Waals surface area contributed by atoms with E-state index in [4.69, 9.17) is 16.0 Å². The number of aromatic nitrogens is 1. The summed E-state index contributed by atoms with van der Waals surface area (Å²) in [4.78, 5) is 8.50. The van der Waals surface area contributed by atoms with Crippen molar-refractivity contribution in [1.82, 2.24) is 4.98 Å². The third-order valence-electron chi connectivity index (χ3n) is 3.06. The van der Waals surface area contributed by atoms with Gasteiger partial charge in [0.05, 0.1) is 12.8 Å². The van der Waals surface area contributed by atoms with Crippen molar-refractivity contribution in [1.29, 1.82) is 0 Å². The molecular formula is C17H13ClN2O2. The maximum Gasteiger partial charge on any atom is 0.312 e. The molecular weight excluding hydrogens is 300 g/mol. The van der Waals surface area contributed by atoms with Crippen LogP contribution in [-0.4, -0.2) is 16.3 Å². The molecule has 0 spiro atoms. The van der Waals surface area contributed by atoms with Crippen molar-refractivity contribution < 1.29 is 9.52 Å². The van der Waals surface area contributed by atoms with Crippen LogP contribution < -0.4 is 0 Å². The minimum absolute atomic E-state index is 0.248. The van der Waals surface area contributed by atoms with Gasteiger partial charge in [0.25, 0.3) is 0 Å². The van der Waals surface area contributed by atoms with Crippen molar-refractivity contribution in [3.05, 3.63) is 70.9 Å². The topological polar surface area (TPSA) is 58.6 Å². The molecule has 0 amide bonds. The van der Waals surface area contributed by atoms with Crippen LogP contribution in [0.4, 0.5) is 0 Å². The molecule has 1 heterocycles. The first-order valence-electron chi connectivity index (χ1n) is 6.72. The van der Waals surface area contributed by atoms with Crippen LogP contribution in [0, 0.1) is 0 Å². The maximum absolute atomic E-state index is 9.80. The number of rotatable bonds is 4. The van der Waals surface area contributed by atoms with Crippen LogP contribution in [0.2, 0.25) is 5.02 Å². The normalized spacial score (nSPS) is 11.1. The summed E-state index contributed by atoms with van der Waals surface area (Å²) in [6, 6.07) is 16.9. The fourth-order valence-electron chi connectivity index (χ4n) is 1.94. The molecule has 0 bridgehead atoms. The molecule has 0 saturated carbocycles. The highest BCUT2D eigenvalue weighted by Crippen LogP contribution is 2.26. The van der Waals surface area contributed by atoms with E-state index in [2.05, 4.69) is 9.98 Å². The molecule has 0 saturated heterocycles. The van der Waals surface area contributed by atoms with Gasteiger partial charge < -0.3 is 9.52 Å². The minimum atomic E-state index is -0.248. The molecule has 1 N–H and O–H groups in total. The lowest BCUT2D eigenvalue weighted by molar-refractivity contribution is 0.337. The van der Waals surface area contributed by atoms with E-state index in [9.17, 15) is 5.11 Å². The second-order valence-electron chi connectivity index (χ2n) is 4.67. The van der Waals surface area contributed by atoms with Crippen molar-refractivity contribution in [2.45, 2.75) is 6.54 Å². The summed E-state index contributed by atoms with van der Waals surface area (Å²) in [5.74, 6) is 0.0806. The first-order chi connectivity index (χ1) is 10.7. The number of aromatic hydroxyl groups is 1. The van der Waals surface area contributed by atoms with E-state index < -0.39 is 0 Å². The summed E-state index contributed by atoms with van der Waals surface area (Å²) in [5, 5.41) is 10.4. The first-order valence-corrected chi connectivity index (χ1v) is 7.09. The average molecular weight is 313 g/mol. The van der Waals surface area contributed by atoms with Gasteiger partial charge in [-0.2, -0.15) is 0 Å². The molecule has 0 radical (unpaired) electrons. The zero-order valence-corrected chi connectivity index (χ0v) is 12.4. The van der Waals surface area contributed by atoms with Gasteiger partial charge in [-0.05, 0) is 29.8 Å². The molecule has 0 fully saturated rings. The predicted octanol–water partition coefficient (Wildman–Crippen LogP) is 4.32. The van der Waals surface area contributed by atoms with Crippen LogP contribution in [0.3, 0.4) is 0 Å². The number of halogens is 1. The molecule has 0 aliphatic heterocycles. The largest absolute Gasteiger partial charge is 0.479 e. The number of nitrogens with zero attached hydrogens (tertiary/aromatic N) is 2. The summed E-state index contributed by atoms with van der Waals surface area (Å²) in [6.07, 6.45) is 1.51. The van der Waals surface area contributed by atoms with E-state index in [1.54, 1.807) is 24.3 Å². The quantitative estimate of drug-likeness (QED) is 0.730. The van der Waals surface area contributed by atoms with Crippen LogP contribution in [0.5, 0.6) is 5.95 Å². The molecule has 0 aliphatic carbocycles. The third-order valence-corrected chi connectivity index (χ3v) is 3.31. The van der Waals surface area contributed by atoms with Crippen molar-refractivity contribution in [3.63, 3.8) is 0 Å². The van der Waals surface area contributed by atoms with E-state index >= 15 is 0 Å². The molecule has 1 aromatic heterocycles. The Labute approximate surface area is 132 Å². The van der Waals surface area contributed by atoms with Crippen LogP contribution in [-0.2, 0) is 6.54 Å². The Kier molecular flexibility index (Phi) is 4.21. The van der Waals surface area contributed by atoms with Crippen LogP contribution in [0.25, 0.3) is 11.5 Å². The highest BCUT2D eigenvalue weighted by Gasteiger charge is 2.12. The SMILES string of the molecule is Oc1oc(-c2ccc(Cl)cc2)nc1C=NCc1ccccc1. The lowest BCUT2D eigenvalue weighted by Gasteiger charge is -1.94. The van der Waals surface area contributed by atoms with Gasteiger partial charge >= 0.3 is 5.95 Å². The summed E-state index contributed by atoms with van der Waals surface area (Å²) >= 11 is 5.84. The fraction of sp³-hybridized carbons (Fsp3) is 0.0588. The Morgan fingerprint density at radius 2 is 1.82 bits per heavy atom. The van der Waals surface area contributed by atoms with Crippen molar-refractivity contribution >= 4 is 17.8 Å². The Morgan fingerprint density at radius 3 is 2.55 bits per heavy atom. The molecule has 110 valence electrons. The van der Waals surface area contributed by atoms with Gasteiger partial charge in [-0.3, -0.25) is 4.99 Å². The molecule has 4 nitrogen and oxygen atoms in total. The highest BCUT2D eigenvalue weighted by molar-refractivity contribution is 6.30. The lowest BCUT2D eigenvalue weighted by Crippen LogP contribution is -1.85. The van der Waals surface area contributed by atoms with E-state index in [-0.39, 0.29) is 5.95 Å². The number of hydrogen-bond acceptors (Lipinski definition) is 4. The molecule has 0 aliphatic rings. The molecule has 2 aromatic carbocycles. The Hall–Kier alpha value is -2.59. The third kappa shape index (κ3) is 3.35. The van der Waals surface area contributed by atoms with Gasteiger partial charge in [-0.25, -0.2) is 4.98 Å². The van der Waals surface area contributed by atoms with Crippen LogP contribution in [0.1, 0.15) is 11.3 Å². The highest BCUT2D eigenvalue weighted by atomic mass is 35.5. The maximum atomic E-state index is 9.80. The Bertz CT molecular complexity index is 780. The average Bonchev–Trinajstić information content (AvgIpc) is 2.90. The van der Waals surface area contributed by atoms with Gasteiger partial charge in [0.1, 0.15) is 0 Å². The standard InChI is InChI=1S/C17H13ClN2O2/c18-14-8-6-13(7-9-14)16-20-15(17(21)22-16)11-19-10-12-4-2-1-3-5-12/h1-9,11,21H,10H2. The van der Waals surface area contributed by atoms with Gasteiger partial charge in [-0.1, -0.05) is 41.9 Å². The molecule has 0 atom stereocenters. The van der Waals surface area contributed by atoms with Crippen LogP contribution >= 0.6 is 11.6 Å². The van der Waals surface area contributed by atoms with E-state index in [0.29, 0.717) is 23.2 Å². The van der Waals surface area contributed by atoms with Gasteiger partial charge in [0, 0.05) is 10.6 Å². The van der Waals surface area contributed by atoms with E-state index in [1.807, 2.05) is 30.3 Å². The number of benzene rings is 2. The zero-order valence-electron chi connectivity index (χ0n) is 11.6. The van der Waals surface area contributed by atoms with Gasteiger partial charge in [-0.15, -0.1) is 0 Å². The summed E-state index contributed by atoms with van der Waals surface area (Å²) in [5.41, 5.74) is 2.13. The van der Waals surface area contributed by atoms with Crippen molar-refractivity contribution in [2.75, 3.05) is 0 Å². The second-order valence-corrected chi connectivity index (χ2v) is 5.11. The lowest BCUT2D eigenvalue weighted by atomic mass is 10.2. The molecule has 0 unspecified atom stereocenters. The zero-order chi connectivity index (χ0) is 15.4. The molecule has 5 heteroatoms. The Morgan fingerprint density at radius 1 is 1.09 bits per heavy atom. The van der Waals surface area contributed by atoms with Gasteiger partial charge in [0.2, 0.25) is 5.89 Å².